The molecular formula is C21H23F3N4O2. The Morgan fingerprint density at radius 2 is 1.77 bits per heavy atom. The second-order valence-electron chi connectivity index (χ2n) is 7.35. The maximum Gasteiger partial charge on any atom is 0.387 e. The van der Waals surface area contributed by atoms with E-state index in [2.05, 4.69) is 4.74 Å². The van der Waals surface area contributed by atoms with E-state index in [4.69, 9.17) is 15.5 Å². The Hall–Kier alpha value is -2.94. The molecule has 0 spiro atoms. The number of hydrogen-bond donors (Lipinski definition) is 1. The maximum absolute atomic E-state index is 14.7. The molecule has 0 saturated carbocycles. The third-order valence-corrected chi connectivity index (χ3v) is 5.50. The molecule has 0 bridgehead atoms. The molecule has 0 amide bonds. The summed E-state index contributed by atoms with van der Waals surface area (Å²) in [6, 6.07) is 11.2. The van der Waals surface area contributed by atoms with Crippen molar-refractivity contribution in [3.8, 4) is 5.75 Å². The number of anilines is 1. The van der Waals surface area contributed by atoms with Gasteiger partial charge < -0.3 is 25.0 Å². The minimum absolute atomic E-state index is 0.0558. The zero-order chi connectivity index (χ0) is 21.3. The Morgan fingerprint density at radius 3 is 2.37 bits per heavy atom. The van der Waals surface area contributed by atoms with E-state index in [0.29, 0.717) is 44.5 Å². The number of nitrogens with two attached hydrogens (primary N) is 1. The first-order valence-electron chi connectivity index (χ1n) is 9.63. The van der Waals surface area contributed by atoms with E-state index in [0.717, 1.165) is 11.1 Å². The van der Waals surface area contributed by atoms with Crippen LogP contribution in [0.15, 0.2) is 47.5 Å². The molecular weight excluding hydrogens is 397 g/mol. The molecule has 4 rings (SSSR count). The van der Waals surface area contributed by atoms with Gasteiger partial charge in [-0.05, 0) is 35.4 Å². The lowest BCUT2D eigenvalue weighted by Crippen LogP contribution is -2.37. The van der Waals surface area contributed by atoms with Crippen LogP contribution in [0, 0.1) is 5.82 Å². The van der Waals surface area contributed by atoms with Gasteiger partial charge in [0.1, 0.15) is 17.1 Å². The molecule has 30 heavy (non-hydrogen) atoms. The molecule has 6 nitrogen and oxygen atoms in total. The summed E-state index contributed by atoms with van der Waals surface area (Å²) in [5.74, 6) is 0.0836. The number of guanidine groups is 1. The Morgan fingerprint density at radius 1 is 1.10 bits per heavy atom. The first-order valence-corrected chi connectivity index (χ1v) is 9.63. The van der Waals surface area contributed by atoms with Crippen LogP contribution in [0.25, 0.3) is 0 Å². The lowest BCUT2D eigenvalue weighted by Gasteiger charge is -2.32. The van der Waals surface area contributed by atoms with Crippen molar-refractivity contribution in [2.24, 2.45) is 10.7 Å². The lowest BCUT2D eigenvalue weighted by atomic mass is 9.83. The number of benzene rings is 2. The van der Waals surface area contributed by atoms with Crippen LogP contribution < -0.4 is 15.4 Å². The molecule has 2 heterocycles. The fraction of sp³-hybridized carbons (Fsp3) is 0.381. The van der Waals surface area contributed by atoms with Gasteiger partial charge in [0, 0.05) is 20.1 Å². The largest absolute Gasteiger partial charge is 0.435 e. The van der Waals surface area contributed by atoms with E-state index in [1.807, 2.05) is 11.9 Å². The Balaban J connectivity index is 1.77. The van der Waals surface area contributed by atoms with Crippen LogP contribution in [0.1, 0.15) is 11.1 Å². The molecule has 2 aliphatic rings. The lowest BCUT2D eigenvalue weighted by molar-refractivity contribution is -0.0498. The number of aliphatic imine (C=N–C) groups is 1. The average molecular weight is 420 g/mol. The average Bonchev–Trinajstić information content (AvgIpc) is 3.04. The van der Waals surface area contributed by atoms with Crippen molar-refractivity contribution in [2.45, 2.75) is 12.2 Å². The molecule has 1 saturated heterocycles. The van der Waals surface area contributed by atoms with Gasteiger partial charge in [0.25, 0.3) is 0 Å². The van der Waals surface area contributed by atoms with Gasteiger partial charge in [-0.1, -0.05) is 18.2 Å². The molecule has 160 valence electrons. The van der Waals surface area contributed by atoms with Crippen LogP contribution in [0.3, 0.4) is 0 Å². The highest BCUT2D eigenvalue weighted by molar-refractivity contribution is 5.81. The highest BCUT2D eigenvalue weighted by atomic mass is 19.3. The van der Waals surface area contributed by atoms with E-state index in [1.54, 1.807) is 29.2 Å². The zero-order valence-electron chi connectivity index (χ0n) is 16.5. The fourth-order valence-electron chi connectivity index (χ4n) is 3.95. The van der Waals surface area contributed by atoms with Crippen LogP contribution in [0.2, 0.25) is 0 Å². The van der Waals surface area contributed by atoms with Gasteiger partial charge in [0.2, 0.25) is 0 Å². The molecule has 1 unspecified atom stereocenters. The van der Waals surface area contributed by atoms with Gasteiger partial charge in [0.05, 0.1) is 25.4 Å². The summed E-state index contributed by atoms with van der Waals surface area (Å²) in [7, 11) is 1.82. The maximum atomic E-state index is 14.7. The Bertz CT molecular complexity index is 932. The van der Waals surface area contributed by atoms with Gasteiger partial charge >= 0.3 is 6.61 Å². The van der Waals surface area contributed by atoms with E-state index in [-0.39, 0.29) is 11.6 Å². The highest BCUT2D eigenvalue weighted by Crippen LogP contribution is 2.40. The third kappa shape index (κ3) is 3.77. The normalized spacial score (nSPS) is 21.8. The van der Waals surface area contributed by atoms with E-state index in [9.17, 15) is 13.2 Å². The monoisotopic (exact) mass is 420 g/mol. The molecule has 2 aliphatic heterocycles. The predicted octanol–water partition coefficient (Wildman–Crippen LogP) is 2.77. The Kier molecular flexibility index (Phi) is 5.46. The number of rotatable bonds is 5. The smallest absolute Gasteiger partial charge is 0.387 e. The topological polar surface area (TPSA) is 63.3 Å². The summed E-state index contributed by atoms with van der Waals surface area (Å²) < 4.78 is 49.5. The molecule has 9 heteroatoms. The van der Waals surface area contributed by atoms with E-state index < -0.39 is 12.2 Å². The molecule has 2 aromatic carbocycles. The summed E-state index contributed by atoms with van der Waals surface area (Å²) in [6.45, 7) is -0.203. The Labute approximate surface area is 172 Å². The number of halogens is 3. The standard InChI is InChI=1S/C21H23F3N4O2/c1-27-13-21(26-20(27)25,14-2-5-16(6-3-14)30-19(23)24)15-4-7-17(22)18(12-15)28-8-10-29-11-9-28/h2-7,12,19H,8-11,13H2,1H3,(H2,25,26). The quantitative estimate of drug-likeness (QED) is 0.806. The van der Waals surface area contributed by atoms with Crippen LogP contribution in [-0.4, -0.2) is 57.4 Å². The number of morpholine rings is 1. The van der Waals surface area contributed by atoms with E-state index in [1.165, 1.54) is 18.2 Å². The van der Waals surface area contributed by atoms with Crippen LogP contribution in [0.5, 0.6) is 5.75 Å². The van der Waals surface area contributed by atoms with E-state index >= 15 is 0 Å². The third-order valence-electron chi connectivity index (χ3n) is 5.50. The molecule has 0 radical (unpaired) electrons. The van der Waals surface area contributed by atoms with Crippen molar-refractivity contribution < 1.29 is 22.6 Å². The van der Waals surface area contributed by atoms with Crippen LogP contribution >= 0.6 is 0 Å². The second-order valence-corrected chi connectivity index (χ2v) is 7.35. The molecule has 0 aliphatic carbocycles. The van der Waals surface area contributed by atoms with Gasteiger partial charge in [-0.15, -0.1) is 0 Å². The first kappa shape index (κ1) is 20.3. The summed E-state index contributed by atoms with van der Waals surface area (Å²) in [5.41, 5.74) is 7.19. The minimum Gasteiger partial charge on any atom is -0.435 e. The van der Waals surface area contributed by atoms with Crippen molar-refractivity contribution >= 4 is 11.6 Å². The summed E-state index contributed by atoms with van der Waals surface area (Å²) in [6.07, 6.45) is 0. The first-order chi connectivity index (χ1) is 14.4. The van der Waals surface area contributed by atoms with Crippen molar-refractivity contribution in [1.82, 2.24) is 4.90 Å². The SMILES string of the molecule is CN1CC(c2ccc(OC(F)F)cc2)(c2ccc(F)c(N3CCOCC3)c2)N=C1N. The van der Waals surface area contributed by atoms with Gasteiger partial charge in [-0.25, -0.2) is 9.38 Å². The number of nitrogens with zero attached hydrogens (tertiary/aromatic N) is 3. The summed E-state index contributed by atoms with van der Waals surface area (Å²) in [4.78, 5) is 8.47. The van der Waals surface area contributed by atoms with Gasteiger partial charge in [0.15, 0.2) is 5.96 Å². The van der Waals surface area contributed by atoms with Crippen molar-refractivity contribution in [3.63, 3.8) is 0 Å². The number of likely N-dealkylation sites (N-methyl/N-ethyl adjacent to an activating group) is 1. The fourth-order valence-corrected chi connectivity index (χ4v) is 3.95. The molecule has 2 N–H and O–H groups in total. The van der Waals surface area contributed by atoms with Gasteiger partial charge in [-0.2, -0.15) is 8.78 Å². The number of ether oxygens (including phenoxy) is 2. The summed E-state index contributed by atoms with van der Waals surface area (Å²) in [5, 5.41) is 0. The minimum atomic E-state index is -2.90. The molecule has 1 atom stereocenters. The van der Waals surface area contributed by atoms with Gasteiger partial charge in [-0.3, -0.25) is 0 Å². The molecule has 2 aromatic rings. The van der Waals surface area contributed by atoms with Crippen molar-refractivity contribution in [2.75, 3.05) is 44.8 Å². The second kappa shape index (κ2) is 8.06. The van der Waals surface area contributed by atoms with Crippen molar-refractivity contribution in [1.29, 1.82) is 0 Å². The molecule has 0 aromatic heterocycles. The number of alkyl halides is 2. The van der Waals surface area contributed by atoms with Crippen LogP contribution in [-0.2, 0) is 10.3 Å². The predicted molar refractivity (Wildman–Crippen MR) is 108 cm³/mol. The number of hydrogen-bond acceptors (Lipinski definition) is 6. The molecule has 1 fully saturated rings. The van der Waals surface area contributed by atoms with Crippen LogP contribution in [0.4, 0.5) is 18.9 Å². The summed E-state index contributed by atoms with van der Waals surface area (Å²) >= 11 is 0. The highest BCUT2D eigenvalue weighted by Gasteiger charge is 2.41. The van der Waals surface area contributed by atoms with Crippen molar-refractivity contribution in [3.05, 3.63) is 59.4 Å². The zero-order valence-corrected chi connectivity index (χ0v) is 16.5.